The molecule has 0 bridgehead atoms. The molecule has 1 heterocycles. The van der Waals surface area contributed by atoms with E-state index in [1.165, 1.54) is 6.07 Å². The molecule has 0 saturated heterocycles. The molecular formula is C16H13ClF6N2O3. The molecule has 0 atom stereocenters. The van der Waals surface area contributed by atoms with Crippen molar-refractivity contribution in [3.05, 3.63) is 34.5 Å². The lowest BCUT2D eigenvalue weighted by Crippen LogP contribution is -2.18. The van der Waals surface area contributed by atoms with Gasteiger partial charge >= 0.3 is 18.5 Å². The van der Waals surface area contributed by atoms with Gasteiger partial charge in [-0.2, -0.15) is 18.3 Å². The van der Waals surface area contributed by atoms with Crippen molar-refractivity contribution in [2.24, 2.45) is 0 Å². The first-order chi connectivity index (χ1) is 12.8. The van der Waals surface area contributed by atoms with Crippen molar-refractivity contribution in [3.8, 4) is 17.0 Å². The number of hydrogen-bond acceptors (Lipinski definition) is 3. The quantitative estimate of drug-likeness (QED) is 0.630. The first kappa shape index (κ1) is 21.9. The van der Waals surface area contributed by atoms with E-state index < -0.39 is 47.8 Å². The zero-order valence-corrected chi connectivity index (χ0v) is 14.9. The molecule has 1 N–H and O–H groups in total. The molecule has 0 aliphatic rings. The second kappa shape index (κ2) is 7.90. The first-order valence-electron chi connectivity index (χ1n) is 7.77. The van der Waals surface area contributed by atoms with Crippen LogP contribution in [-0.4, -0.2) is 33.4 Å². The van der Waals surface area contributed by atoms with Crippen molar-refractivity contribution < 1.29 is 41.0 Å². The minimum Gasteiger partial charge on any atom is -0.476 e. The van der Waals surface area contributed by atoms with Gasteiger partial charge in [0.15, 0.2) is 5.69 Å². The van der Waals surface area contributed by atoms with E-state index in [-0.39, 0.29) is 23.4 Å². The van der Waals surface area contributed by atoms with Crippen molar-refractivity contribution in [1.29, 1.82) is 0 Å². The third-order valence-corrected chi connectivity index (χ3v) is 3.98. The molecule has 0 aliphatic carbocycles. The van der Waals surface area contributed by atoms with E-state index in [9.17, 15) is 31.1 Å². The van der Waals surface area contributed by atoms with Gasteiger partial charge in [0.2, 0.25) is 0 Å². The number of halogens is 7. The van der Waals surface area contributed by atoms with E-state index in [2.05, 4.69) is 9.84 Å². The summed E-state index contributed by atoms with van der Waals surface area (Å²) >= 11 is 5.99. The summed E-state index contributed by atoms with van der Waals surface area (Å²) in [5.74, 6) is -2.29. The molecule has 0 radical (unpaired) electrons. The fraction of sp³-hybridized carbons (Fsp3) is 0.375. The molecule has 0 fully saturated rings. The highest BCUT2D eigenvalue weighted by atomic mass is 35.5. The van der Waals surface area contributed by atoms with Crippen LogP contribution >= 0.6 is 11.6 Å². The summed E-state index contributed by atoms with van der Waals surface area (Å²) in [6.07, 6.45) is -11.4. The fourth-order valence-corrected chi connectivity index (χ4v) is 2.79. The summed E-state index contributed by atoms with van der Waals surface area (Å²) in [6, 6.07) is 3.10. The molecule has 12 heteroatoms. The lowest BCUT2D eigenvalue weighted by molar-refractivity contribution is -0.274. The zero-order valence-electron chi connectivity index (χ0n) is 14.2. The summed E-state index contributed by atoms with van der Waals surface area (Å²) in [7, 11) is 0. The van der Waals surface area contributed by atoms with Crippen LogP contribution in [0.2, 0.25) is 5.02 Å². The topological polar surface area (TPSA) is 64.4 Å². The zero-order chi connectivity index (χ0) is 21.3. The van der Waals surface area contributed by atoms with E-state index in [1.54, 1.807) is 6.92 Å². The minimum atomic E-state index is -5.13. The van der Waals surface area contributed by atoms with Crippen LogP contribution in [0.4, 0.5) is 26.3 Å². The number of carboxylic acid groups (broad SMARTS) is 1. The highest BCUT2D eigenvalue weighted by Crippen LogP contribution is 2.40. The predicted molar refractivity (Wildman–Crippen MR) is 86.4 cm³/mol. The van der Waals surface area contributed by atoms with Gasteiger partial charge in [-0.1, -0.05) is 17.7 Å². The predicted octanol–water partition coefficient (Wildman–Crippen LogP) is 5.32. The smallest absolute Gasteiger partial charge is 0.476 e. The number of hydrogen-bond donors (Lipinski definition) is 1. The Hall–Kier alpha value is -2.43. The van der Waals surface area contributed by atoms with Crippen LogP contribution in [0.15, 0.2) is 18.2 Å². The molecule has 2 aromatic rings. The number of aromatic carboxylic acids is 1. The Morgan fingerprint density at radius 3 is 2.39 bits per heavy atom. The Balaban J connectivity index is 2.59. The van der Waals surface area contributed by atoms with Crippen molar-refractivity contribution in [2.75, 3.05) is 0 Å². The number of benzene rings is 1. The van der Waals surface area contributed by atoms with Gasteiger partial charge in [0, 0.05) is 18.5 Å². The van der Waals surface area contributed by atoms with Crippen LogP contribution in [-0.2, 0) is 13.0 Å². The monoisotopic (exact) mass is 430 g/mol. The Bertz CT molecular complexity index is 876. The maximum atomic E-state index is 12.8. The number of carbonyl (C=O) groups is 1. The third-order valence-electron chi connectivity index (χ3n) is 3.62. The van der Waals surface area contributed by atoms with Gasteiger partial charge in [0.25, 0.3) is 0 Å². The second-order valence-electron chi connectivity index (χ2n) is 5.63. The van der Waals surface area contributed by atoms with E-state index in [1.807, 2.05) is 0 Å². The van der Waals surface area contributed by atoms with Gasteiger partial charge in [-0.25, -0.2) is 4.79 Å². The molecule has 0 spiro atoms. The van der Waals surface area contributed by atoms with Crippen molar-refractivity contribution in [2.45, 2.75) is 38.8 Å². The van der Waals surface area contributed by atoms with Crippen molar-refractivity contribution >= 4 is 17.6 Å². The molecule has 5 nitrogen and oxygen atoms in total. The average molecular weight is 431 g/mol. The Labute approximate surface area is 159 Å². The van der Waals surface area contributed by atoms with Gasteiger partial charge < -0.3 is 9.84 Å². The lowest BCUT2D eigenvalue weighted by atomic mass is 10.0. The SMILES string of the molecule is CCn1nc(C(=O)O)c(Cl)c1-c1ccc(CCC(F)(F)F)cc1OC(F)(F)F. The molecule has 0 aliphatic heterocycles. The van der Waals surface area contributed by atoms with Crippen molar-refractivity contribution in [1.82, 2.24) is 9.78 Å². The van der Waals surface area contributed by atoms with E-state index in [0.717, 1.165) is 16.8 Å². The molecule has 1 aromatic heterocycles. The fourth-order valence-electron chi connectivity index (χ4n) is 2.48. The minimum absolute atomic E-state index is 0.0440. The number of nitrogens with zero attached hydrogens (tertiary/aromatic N) is 2. The van der Waals surface area contributed by atoms with Gasteiger partial charge in [0.05, 0.1) is 5.69 Å². The summed E-state index contributed by atoms with van der Waals surface area (Å²) in [4.78, 5) is 11.2. The van der Waals surface area contributed by atoms with E-state index in [0.29, 0.717) is 0 Å². The molecule has 28 heavy (non-hydrogen) atoms. The number of aryl methyl sites for hydroxylation is 2. The second-order valence-corrected chi connectivity index (χ2v) is 6.00. The number of aromatic nitrogens is 2. The number of ether oxygens (including phenoxy) is 1. The average Bonchev–Trinajstić information content (AvgIpc) is 2.88. The van der Waals surface area contributed by atoms with E-state index in [4.69, 9.17) is 16.7 Å². The summed E-state index contributed by atoms with van der Waals surface area (Å²) in [5, 5.41) is 12.4. The van der Waals surface area contributed by atoms with Gasteiger partial charge in [-0.05, 0) is 31.0 Å². The summed E-state index contributed by atoms with van der Waals surface area (Å²) in [5.41, 5.74) is -1.02. The van der Waals surface area contributed by atoms with Crippen LogP contribution in [0.5, 0.6) is 5.75 Å². The highest BCUT2D eigenvalue weighted by Gasteiger charge is 2.34. The van der Waals surface area contributed by atoms with Crippen LogP contribution in [0.3, 0.4) is 0 Å². The molecule has 0 saturated carbocycles. The molecule has 2 rings (SSSR count). The highest BCUT2D eigenvalue weighted by molar-refractivity contribution is 6.35. The van der Waals surface area contributed by atoms with Crippen LogP contribution in [0.1, 0.15) is 29.4 Å². The van der Waals surface area contributed by atoms with Gasteiger partial charge in [0.1, 0.15) is 10.8 Å². The lowest BCUT2D eigenvalue weighted by Gasteiger charge is -2.16. The van der Waals surface area contributed by atoms with E-state index >= 15 is 0 Å². The Morgan fingerprint density at radius 1 is 1.25 bits per heavy atom. The summed E-state index contributed by atoms with van der Waals surface area (Å²) < 4.78 is 80.6. The summed E-state index contributed by atoms with van der Waals surface area (Å²) in [6.45, 7) is 1.63. The van der Waals surface area contributed by atoms with Crippen LogP contribution in [0.25, 0.3) is 11.3 Å². The molecule has 154 valence electrons. The Morgan fingerprint density at radius 2 is 1.89 bits per heavy atom. The molecule has 1 aromatic carbocycles. The van der Waals surface area contributed by atoms with Crippen LogP contribution < -0.4 is 4.74 Å². The number of carboxylic acids is 1. The Kier molecular flexibility index (Phi) is 6.17. The van der Waals surface area contributed by atoms with Gasteiger partial charge in [-0.3, -0.25) is 4.68 Å². The first-order valence-corrected chi connectivity index (χ1v) is 8.15. The van der Waals surface area contributed by atoms with Crippen molar-refractivity contribution in [3.63, 3.8) is 0 Å². The standard InChI is InChI=1S/C16H13ClF6N2O3/c1-2-25-13(11(17)12(24-25)14(26)27)9-4-3-8(5-6-15(18,19)20)7-10(9)28-16(21,22)23/h3-4,7H,2,5-6H2,1H3,(H,26,27). The number of alkyl halides is 6. The number of rotatable bonds is 6. The third kappa shape index (κ3) is 5.31. The maximum absolute atomic E-state index is 12.8. The normalized spacial score (nSPS) is 12.3. The van der Waals surface area contributed by atoms with Gasteiger partial charge in [-0.15, -0.1) is 13.2 Å². The molecular weight excluding hydrogens is 418 g/mol. The molecule has 0 amide bonds. The maximum Gasteiger partial charge on any atom is 0.573 e. The largest absolute Gasteiger partial charge is 0.573 e. The van der Waals surface area contributed by atoms with Crippen LogP contribution in [0, 0.1) is 0 Å². The molecule has 0 unspecified atom stereocenters.